The van der Waals surface area contributed by atoms with Gasteiger partial charge < -0.3 is 5.73 Å². The summed E-state index contributed by atoms with van der Waals surface area (Å²) in [6.07, 6.45) is 2.67. The summed E-state index contributed by atoms with van der Waals surface area (Å²) in [6, 6.07) is 5.90. The Labute approximate surface area is 124 Å². The Morgan fingerprint density at radius 2 is 1.95 bits per heavy atom. The normalized spacial score (nSPS) is 22.9. The van der Waals surface area contributed by atoms with Crippen LogP contribution in [0, 0.1) is 5.82 Å². The zero-order chi connectivity index (χ0) is 14.1. The van der Waals surface area contributed by atoms with Gasteiger partial charge in [-0.05, 0) is 18.9 Å². The molecule has 0 bridgehead atoms. The number of benzene rings is 1. The SMILES string of the molecule is NCC(c1cccc(Cl)c1F)N1CCN(C2CC2)CC1. The Morgan fingerprint density at radius 1 is 1.25 bits per heavy atom. The predicted octanol–water partition coefficient (Wildman–Crippen LogP) is 2.26. The third-order valence-corrected chi connectivity index (χ3v) is 4.71. The average Bonchev–Trinajstić information content (AvgIpc) is 3.30. The van der Waals surface area contributed by atoms with Crippen LogP contribution in [0.4, 0.5) is 4.39 Å². The zero-order valence-corrected chi connectivity index (χ0v) is 12.3. The van der Waals surface area contributed by atoms with Gasteiger partial charge in [-0.15, -0.1) is 0 Å². The first kappa shape index (κ1) is 14.3. The Bertz CT molecular complexity index is 470. The van der Waals surface area contributed by atoms with E-state index >= 15 is 0 Å². The molecule has 3 rings (SSSR count). The highest BCUT2D eigenvalue weighted by atomic mass is 35.5. The van der Waals surface area contributed by atoms with Crippen molar-refractivity contribution >= 4 is 11.6 Å². The maximum atomic E-state index is 14.2. The van der Waals surface area contributed by atoms with Crippen LogP contribution in [0.25, 0.3) is 0 Å². The smallest absolute Gasteiger partial charge is 0.146 e. The lowest BCUT2D eigenvalue weighted by Gasteiger charge is -2.39. The highest BCUT2D eigenvalue weighted by Crippen LogP contribution is 2.31. The molecule has 1 aliphatic heterocycles. The first-order valence-electron chi connectivity index (χ1n) is 7.32. The van der Waals surface area contributed by atoms with E-state index in [1.807, 2.05) is 0 Å². The van der Waals surface area contributed by atoms with E-state index in [0.29, 0.717) is 12.1 Å². The van der Waals surface area contributed by atoms with E-state index in [4.69, 9.17) is 17.3 Å². The van der Waals surface area contributed by atoms with Gasteiger partial charge in [0.1, 0.15) is 5.82 Å². The van der Waals surface area contributed by atoms with Crippen LogP contribution in [0.1, 0.15) is 24.4 Å². The number of nitrogens with zero attached hydrogens (tertiary/aromatic N) is 2. The fraction of sp³-hybridized carbons (Fsp3) is 0.600. The van der Waals surface area contributed by atoms with Crippen molar-refractivity contribution in [3.05, 3.63) is 34.6 Å². The fourth-order valence-electron chi connectivity index (χ4n) is 3.10. The molecule has 1 aromatic carbocycles. The maximum Gasteiger partial charge on any atom is 0.146 e. The summed E-state index contributed by atoms with van der Waals surface area (Å²) in [6.45, 7) is 4.43. The van der Waals surface area contributed by atoms with Gasteiger partial charge in [-0.1, -0.05) is 23.7 Å². The molecule has 0 spiro atoms. The second kappa shape index (κ2) is 5.98. The molecule has 1 aliphatic carbocycles. The van der Waals surface area contributed by atoms with Crippen LogP contribution in [0.15, 0.2) is 18.2 Å². The monoisotopic (exact) mass is 297 g/mol. The van der Waals surface area contributed by atoms with Gasteiger partial charge >= 0.3 is 0 Å². The van der Waals surface area contributed by atoms with Gasteiger partial charge in [0.2, 0.25) is 0 Å². The molecule has 2 N–H and O–H groups in total. The molecule has 1 unspecified atom stereocenters. The standard InChI is InChI=1S/C15H21ClFN3/c16-13-3-1-2-12(15(13)17)14(10-18)20-8-6-19(7-9-20)11-4-5-11/h1-3,11,14H,4-10,18H2. The summed E-state index contributed by atoms with van der Waals surface area (Å²) in [5, 5.41) is 0.178. The number of nitrogens with two attached hydrogens (primary N) is 1. The van der Waals surface area contributed by atoms with Gasteiger partial charge in [0, 0.05) is 44.3 Å². The summed E-state index contributed by atoms with van der Waals surface area (Å²) >= 11 is 5.88. The lowest BCUT2D eigenvalue weighted by atomic mass is 10.0. The Hall–Kier alpha value is -0.680. The van der Waals surface area contributed by atoms with E-state index < -0.39 is 0 Å². The van der Waals surface area contributed by atoms with Gasteiger partial charge in [-0.2, -0.15) is 0 Å². The first-order chi connectivity index (χ1) is 9.70. The van der Waals surface area contributed by atoms with Crippen LogP contribution in [-0.4, -0.2) is 48.6 Å². The molecule has 1 saturated carbocycles. The molecular formula is C15H21ClFN3. The Kier molecular flexibility index (Phi) is 4.26. The van der Waals surface area contributed by atoms with Crippen LogP contribution in [-0.2, 0) is 0 Å². The van der Waals surface area contributed by atoms with E-state index in [9.17, 15) is 4.39 Å². The molecule has 1 atom stereocenters. The molecule has 5 heteroatoms. The van der Waals surface area contributed by atoms with Crippen LogP contribution >= 0.6 is 11.6 Å². The molecule has 20 heavy (non-hydrogen) atoms. The van der Waals surface area contributed by atoms with Gasteiger partial charge in [0.25, 0.3) is 0 Å². The fourth-order valence-corrected chi connectivity index (χ4v) is 3.29. The topological polar surface area (TPSA) is 32.5 Å². The number of halogens is 2. The number of hydrogen-bond donors (Lipinski definition) is 1. The first-order valence-corrected chi connectivity index (χ1v) is 7.70. The van der Waals surface area contributed by atoms with Crippen LogP contribution in [0.2, 0.25) is 5.02 Å². The predicted molar refractivity (Wildman–Crippen MR) is 79.4 cm³/mol. The van der Waals surface area contributed by atoms with E-state index in [1.165, 1.54) is 12.8 Å². The van der Waals surface area contributed by atoms with Gasteiger partial charge in [-0.3, -0.25) is 9.80 Å². The number of rotatable bonds is 4. The minimum absolute atomic E-state index is 0.0740. The lowest BCUT2D eigenvalue weighted by molar-refractivity contribution is 0.0925. The Morgan fingerprint density at radius 3 is 2.55 bits per heavy atom. The summed E-state index contributed by atoms with van der Waals surface area (Å²) in [7, 11) is 0. The van der Waals surface area contributed by atoms with Gasteiger partial charge in [0.15, 0.2) is 0 Å². The third kappa shape index (κ3) is 2.84. The van der Waals surface area contributed by atoms with Gasteiger partial charge in [-0.25, -0.2) is 4.39 Å². The number of piperazine rings is 1. The highest BCUT2D eigenvalue weighted by Gasteiger charge is 2.33. The van der Waals surface area contributed by atoms with Gasteiger partial charge in [0.05, 0.1) is 11.1 Å². The quantitative estimate of drug-likeness (QED) is 0.925. The maximum absolute atomic E-state index is 14.2. The van der Waals surface area contributed by atoms with Crippen molar-refractivity contribution < 1.29 is 4.39 Å². The minimum atomic E-state index is -0.325. The minimum Gasteiger partial charge on any atom is -0.329 e. The second-order valence-electron chi connectivity index (χ2n) is 5.70. The number of hydrogen-bond acceptors (Lipinski definition) is 3. The molecule has 2 aliphatic rings. The van der Waals surface area contributed by atoms with Crippen molar-refractivity contribution in [2.45, 2.75) is 24.9 Å². The zero-order valence-electron chi connectivity index (χ0n) is 11.6. The molecule has 1 saturated heterocycles. The van der Waals surface area contributed by atoms with Crippen molar-refractivity contribution in [2.75, 3.05) is 32.7 Å². The van der Waals surface area contributed by atoms with E-state index in [-0.39, 0.29) is 16.9 Å². The van der Waals surface area contributed by atoms with Crippen molar-refractivity contribution in [1.82, 2.24) is 9.80 Å². The molecular weight excluding hydrogens is 277 g/mol. The Balaban J connectivity index is 1.71. The highest BCUT2D eigenvalue weighted by molar-refractivity contribution is 6.30. The van der Waals surface area contributed by atoms with Crippen molar-refractivity contribution in [3.8, 4) is 0 Å². The van der Waals surface area contributed by atoms with Crippen molar-refractivity contribution in [1.29, 1.82) is 0 Å². The molecule has 2 fully saturated rings. The van der Waals surface area contributed by atoms with E-state index in [0.717, 1.165) is 32.2 Å². The van der Waals surface area contributed by atoms with Crippen LogP contribution < -0.4 is 5.73 Å². The van der Waals surface area contributed by atoms with Crippen LogP contribution in [0.5, 0.6) is 0 Å². The summed E-state index contributed by atoms with van der Waals surface area (Å²) in [5.41, 5.74) is 6.52. The third-order valence-electron chi connectivity index (χ3n) is 4.42. The van der Waals surface area contributed by atoms with E-state index in [1.54, 1.807) is 18.2 Å². The largest absolute Gasteiger partial charge is 0.329 e. The molecule has 3 nitrogen and oxygen atoms in total. The molecule has 110 valence electrons. The van der Waals surface area contributed by atoms with Crippen LogP contribution in [0.3, 0.4) is 0 Å². The summed E-state index contributed by atoms with van der Waals surface area (Å²) < 4.78 is 14.2. The summed E-state index contributed by atoms with van der Waals surface area (Å²) in [4.78, 5) is 4.83. The van der Waals surface area contributed by atoms with Crippen molar-refractivity contribution in [3.63, 3.8) is 0 Å². The summed E-state index contributed by atoms with van der Waals surface area (Å²) in [5.74, 6) is -0.325. The molecule has 0 amide bonds. The second-order valence-corrected chi connectivity index (χ2v) is 6.10. The average molecular weight is 298 g/mol. The molecule has 1 aromatic rings. The molecule has 0 aromatic heterocycles. The molecule has 1 heterocycles. The molecule has 0 radical (unpaired) electrons. The lowest BCUT2D eigenvalue weighted by Crippen LogP contribution is -2.49. The van der Waals surface area contributed by atoms with E-state index in [2.05, 4.69) is 9.80 Å². The van der Waals surface area contributed by atoms with Crippen molar-refractivity contribution in [2.24, 2.45) is 5.73 Å².